The lowest BCUT2D eigenvalue weighted by atomic mass is 10.2. The van der Waals surface area contributed by atoms with Crippen molar-refractivity contribution in [2.75, 3.05) is 31.6 Å². The maximum absolute atomic E-state index is 12.1. The number of aromatic amines is 2. The quantitative estimate of drug-likeness (QED) is 0.458. The van der Waals surface area contributed by atoms with Crippen LogP contribution in [-0.4, -0.2) is 48.1 Å². The third-order valence-corrected chi connectivity index (χ3v) is 4.07. The summed E-state index contributed by atoms with van der Waals surface area (Å²) in [6, 6.07) is 7.12. The first-order valence-corrected chi connectivity index (χ1v) is 8.68. The van der Waals surface area contributed by atoms with Crippen molar-refractivity contribution in [2.24, 2.45) is 0 Å². The van der Waals surface area contributed by atoms with Crippen LogP contribution < -0.4 is 21.5 Å². The number of anilines is 1. The van der Waals surface area contributed by atoms with E-state index in [-0.39, 0.29) is 5.69 Å². The number of esters is 1. The summed E-state index contributed by atoms with van der Waals surface area (Å²) in [5.41, 5.74) is -0.825. The molecule has 9 heteroatoms. The number of carbonyl (C=O) groups excluding carboxylic acids is 2. The van der Waals surface area contributed by atoms with Crippen LogP contribution in [0, 0.1) is 0 Å². The Bertz CT molecular complexity index is 869. The maximum Gasteiger partial charge on any atom is 0.338 e. The van der Waals surface area contributed by atoms with Crippen molar-refractivity contribution < 1.29 is 19.2 Å². The monoisotopic (exact) mass is 375 g/mol. The van der Waals surface area contributed by atoms with Gasteiger partial charge in [0.2, 0.25) is 0 Å². The minimum Gasteiger partial charge on any atom is -0.456 e. The number of amides is 1. The fourth-order valence-corrected chi connectivity index (χ4v) is 2.45. The standard InChI is InChI=1S/C18H22N4O5/c1-3-22(4-2)9-10-27-17(25)12-5-7-13(8-6-12)19-16(24)14-11-15(23)21-18(26)20-14/h5-8,11H,3-4,9-10H2,1-2H3,(H,19,24)(H2,20,21,23,26)/p+1. The van der Waals surface area contributed by atoms with E-state index < -0.39 is 23.1 Å². The maximum atomic E-state index is 12.1. The first kappa shape index (κ1) is 20.1. The van der Waals surface area contributed by atoms with Crippen molar-refractivity contribution in [3.05, 3.63) is 62.4 Å². The molecule has 0 spiro atoms. The number of nitrogens with one attached hydrogen (secondary N) is 4. The number of aromatic nitrogens is 2. The minimum atomic E-state index is -0.766. The van der Waals surface area contributed by atoms with Gasteiger partial charge in [0, 0.05) is 11.8 Å². The molecular weight excluding hydrogens is 352 g/mol. The van der Waals surface area contributed by atoms with Gasteiger partial charge in [-0.1, -0.05) is 0 Å². The first-order valence-electron chi connectivity index (χ1n) is 8.68. The van der Waals surface area contributed by atoms with E-state index in [2.05, 4.69) is 24.1 Å². The zero-order valence-corrected chi connectivity index (χ0v) is 15.3. The Morgan fingerprint density at radius 3 is 2.33 bits per heavy atom. The predicted molar refractivity (Wildman–Crippen MR) is 99.3 cm³/mol. The first-order chi connectivity index (χ1) is 12.9. The third kappa shape index (κ3) is 5.93. The highest BCUT2D eigenvalue weighted by Gasteiger charge is 2.11. The summed E-state index contributed by atoms with van der Waals surface area (Å²) in [7, 11) is 0. The second-order valence-corrected chi connectivity index (χ2v) is 5.88. The van der Waals surface area contributed by atoms with Crippen LogP contribution in [0.4, 0.5) is 5.69 Å². The summed E-state index contributed by atoms with van der Waals surface area (Å²) in [5.74, 6) is -1.07. The largest absolute Gasteiger partial charge is 0.456 e. The Hall–Kier alpha value is -3.20. The number of carbonyl (C=O) groups is 2. The summed E-state index contributed by atoms with van der Waals surface area (Å²) in [6.45, 7) is 7.19. The van der Waals surface area contributed by atoms with Crippen molar-refractivity contribution in [3.63, 3.8) is 0 Å². The van der Waals surface area contributed by atoms with E-state index in [0.717, 1.165) is 25.7 Å². The van der Waals surface area contributed by atoms with Gasteiger partial charge in [-0.05, 0) is 38.1 Å². The highest BCUT2D eigenvalue weighted by molar-refractivity contribution is 6.03. The molecule has 1 aromatic carbocycles. The summed E-state index contributed by atoms with van der Waals surface area (Å²) in [4.78, 5) is 52.1. The van der Waals surface area contributed by atoms with Crippen LogP contribution in [0.1, 0.15) is 34.7 Å². The molecule has 0 aliphatic heterocycles. The van der Waals surface area contributed by atoms with Crippen molar-refractivity contribution in [1.82, 2.24) is 9.97 Å². The fourth-order valence-electron chi connectivity index (χ4n) is 2.45. The summed E-state index contributed by atoms with van der Waals surface area (Å²) >= 11 is 0. The van der Waals surface area contributed by atoms with E-state index in [4.69, 9.17) is 4.74 Å². The SMILES string of the molecule is CC[NH+](CC)CCOC(=O)c1ccc(NC(=O)c2cc(=O)[nH]c(=O)[nH]2)cc1. The van der Waals surface area contributed by atoms with Gasteiger partial charge in [0.05, 0.1) is 18.7 Å². The lowest BCUT2D eigenvalue weighted by molar-refractivity contribution is -0.896. The van der Waals surface area contributed by atoms with Gasteiger partial charge < -0.3 is 19.9 Å². The molecular formula is C18H23N4O5+. The van der Waals surface area contributed by atoms with Crippen LogP contribution in [-0.2, 0) is 4.74 Å². The molecule has 144 valence electrons. The summed E-state index contributed by atoms with van der Waals surface area (Å²) in [6.07, 6.45) is 0. The molecule has 0 aliphatic carbocycles. The average Bonchev–Trinajstić information content (AvgIpc) is 2.65. The summed E-state index contributed by atoms with van der Waals surface area (Å²) < 4.78 is 5.25. The lowest BCUT2D eigenvalue weighted by Crippen LogP contribution is -3.11. The van der Waals surface area contributed by atoms with Gasteiger partial charge in [-0.3, -0.25) is 14.6 Å². The molecule has 0 bridgehead atoms. The molecule has 0 radical (unpaired) electrons. The smallest absolute Gasteiger partial charge is 0.338 e. The molecule has 0 atom stereocenters. The normalized spacial score (nSPS) is 10.6. The molecule has 0 saturated carbocycles. The van der Waals surface area contributed by atoms with E-state index >= 15 is 0 Å². The molecule has 1 aromatic heterocycles. The Morgan fingerprint density at radius 1 is 1.07 bits per heavy atom. The number of benzene rings is 1. The number of ether oxygens (including phenoxy) is 1. The van der Waals surface area contributed by atoms with Gasteiger partial charge in [-0.25, -0.2) is 9.59 Å². The fraction of sp³-hybridized carbons (Fsp3) is 0.333. The average molecular weight is 375 g/mol. The van der Waals surface area contributed by atoms with Gasteiger partial charge >= 0.3 is 11.7 Å². The number of rotatable bonds is 8. The Morgan fingerprint density at radius 2 is 1.74 bits per heavy atom. The van der Waals surface area contributed by atoms with Crippen molar-refractivity contribution in [3.8, 4) is 0 Å². The van der Waals surface area contributed by atoms with Gasteiger partial charge in [0.15, 0.2) is 0 Å². The van der Waals surface area contributed by atoms with Crippen LogP contribution >= 0.6 is 0 Å². The third-order valence-electron chi connectivity index (χ3n) is 4.07. The number of quaternary nitrogens is 1. The Balaban J connectivity index is 1.94. The molecule has 0 saturated heterocycles. The molecule has 1 amide bonds. The molecule has 1 heterocycles. The topological polar surface area (TPSA) is 126 Å². The van der Waals surface area contributed by atoms with Crippen molar-refractivity contribution in [1.29, 1.82) is 0 Å². The van der Waals surface area contributed by atoms with Crippen molar-refractivity contribution >= 4 is 17.6 Å². The zero-order chi connectivity index (χ0) is 19.8. The van der Waals surface area contributed by atoms with Gasteiger partial charge in [-0.2, -0.15) is 0 Å². The Labute approximate surface area is 155 Å². The lowest BCUT2D eigenvalue weighted by Gasteiger charge is -2.15. The highest BCUT2D eigenvalue weighted by atomic mass is 16.5. The number of hydrogen-bond acceptors (Lipinski definition) is 5. The van der Waals surface area contributed by atoms with Crippen LogP contribution in [0.5, 0.6) is 0 Å². The van der Waals surface area contributed by atoms with Crippen molar-refractivity contribution in [2.45, 2.75) is 13.8 Å². The van der Waals surface area contributed by atoms with Crippen LogP contribution in [0.2, 0.25) is 0 Å². The van der Waals surface area contributed by atoms with E-state index in [1.54, 1.807) is 0 Å². The van der Waals surface area contributed by atoms with E-state index in [1.807, 2.05) is 4.98 Å². The highest BCUT2D eigenvalue weighted by Crippen LogP contribution is 2.11. The molecule has 0 fully saturated rings. The number of likely N-dealkylation sites (N-methyl/N-ethyl adjacent to an activating group) is 1. The Kier molecular flexibility index (Phi) is 7.07. The predicted octanol–water partition coefficient (Wildman–Crippen LogP) is -0.603. The molecule has 9 nitrogen and oxygen atoms in total. The number of H-pyrrole nitrogens is 2. The van der Waals surface area contributed by atoms with Gasteiger partial charge in [-0.15, -0.1) is 0 Å². The van der Waals surface area contributed by atoms with E-state index in [1.165, 1.54) is 29.2 Å². The van der Waals surface area contributed by atoms with Crippen LogP contribution in [0.3, 0.4) is 0 Å². The van der Waals surface area contributed by atoms with Crippen LogP contribution in [0.15, 0.2) is 39.9 Å². The summed E-state index contributed by atoms with van der Waals surface area (Å²) in [5, 5.41) is 2.53. The van der Waals surface area contributed by atoms with Gasteiger partial charge in [0.1, 0.15) is 18.8 Å². The molecule has 0 aliphatic rings. The van der Waals surface area contributed by atoms with Gasteiger partial charge in [0.25, 0.3) is 11.5 Å². The molecule has 2 rings (SSSR count). The second kappa shape index (κ2) is 9.48. The molecule has 4 N–H and O–H groups in total. The van der Waals surface area contributed by atoms with E-state index in [0.29, 0.717) is 17.9 Å². The number of hydrogen-bond donors (Lipinski definition) is 4. The zero-order valence-electron chi connectivity index (χ0n) is 15.3. The molecule has 0 unspecified atom stereocenters. The molecule has 2 aromatic rings. The van der Waals surface area contributed by atoms with E-state index in [9.17, 15) is 19.2 Å². The molecule has 27 heavy (non-hydrogen) atoms. The minimum absolute atomic E-state index is 0.161. The van der Waals surface area contributed by atoms with Crippen LogP contribution in [0.25, 0.3) is 0 Å². The second-order valence-electron chi connectivity index (χ2n) is 5.88.